The number of hydrogen-bond acceptors (Lipinski definition) is 5. The minimum atomic E-state index is -0.602. The van der Waals surface area contributed by atoms with E-state index in [1.807, 2.05) is 60.0 Å². The molecular weight excluding hydrogens is 424 g/mol. The fraction of sp³-hybridized carbons (Fsp3) is 0.667. The largest absolute Gasteiger partial charge is 0.489 e. The van der Waals surface area contributed by atoms with Crippen LogP contribution in [-0.2, 0) is 25.2 Å². The Kier molecular flexibility index (Phi) is 4.57. The van der Waals surface area contributed by atoms with E-state index in [1.54, 1.807) is 0 Å². The second-order valence-corrected chi connectivity index (χ2v) is 10.2. The average Bonchev–Trinajstić information content (AvgIpc) is 3.19. The van der Waals surface area contributed by atoms with Crippen molar-refractivity contribution in [2.45, 2.75) is 77.4 Å². The molecular formula is C18H27B2BrN3O4+. The Bertz CT molecular complexity index is 903. The highest BCUT2D eigenvalue weighted by Crippen LogP contribution is 2.43. The van der Waals surface area contributed by atoms with Crippen LogP contribution in [-0.4, -0.2) is 46.6 Å². The van der Waals surface area contributed by atoms with Crippen LogP contribution in [0.4, 0.5) is 0 Å². The molecule has 0 aliphatic carbocycles. The third-order valence-corrected chi connectivity index (χ3v) is 7.28. The monoisotopic (exact) mass is 450 g/mol. The molecule has 1 atom stereocenters. The smallest absolute Gasteiger partial charge is 0.405 e. The summed E-state index contributed by atoms with van der Waals surface area (Å²) in [7, 11) is -1.18. The van der Waals surface area contributed by atoms with Crippen molar-refractivity contribution < 1.29 is 23.2 Å². The van der Waals surface area contributed by atoms with Gasteiger partial charge in [-0.3, -0.25) is 0 Å². The summed E-state index contributed by atoms with van der Waals surface area (Å²) in [4.78, 5) is 0. The maximum absolute atomic E-state index is 6.46. The van der Waals surface area contributed by atoms with Crippen LogP contribution >= 0.6 is 15.9 Å². The zero-order valence-corrected chi connectivity index (χ0v) is 19.1. The van der Waals surface area contributed by atoms with Gasteiger partial charge in [0.2, 0.25) is 0 Å². The zero-order chi connectivity index (χ0) is 20.5. The summed E-state index contributed by atoms with van der Waals surface area (Å²) in [5, 5.41) is 8.27. The fourth-order valence-electron chi connectivity index (χ4n) is 3.63. The average molecular weight is 451 g/mol. The molecule has 0 spiro atoms. The van der Waals surface area contributed by atoms with Crippen LogP contribution in [0.3, 0.4) is 0 Å². The summed E-state index contributed by atoms with van der Waals surface area (Å²) in [6.07, 6.45) is 3.82. The first-order chi connectivity index (χ1) is 12.9. The van der Waals surface area contributed by atoms with Gasteiger partial charge in [0, 0.05) is 4.47 Å². The number of nitrogens with one attached hydrogen (secondary N) is 1. The highest BCUT2D eigenvalue weighted by atomic mass is 79.9. The van der Waals surface area contributed by atoms with Gasteiger partial charge in [0.1, 0.15) is 17.5 Å². The number of aromatic nitrogens is 3. The van der Waals surface area contributed by atoms with Crippen LogP contribution in [0.5, 0.6) is 0 Å². The van der Waals surface area contributed by atoms with E-state index in [1.165, 1.54) is 0 Å². The summed E-state index contributed by atoms with van der Waals surface area (Å²) in [5.41, 5.74) is -1.09. The molecule has 0 amide bonds. The van der Waals surface area contributed by atoms with Crippen LogP contribution in [0.1, 0.15) is 48.5 Å². The Morgan fingerprint density at radius 1 is 0.964 bits per heavy atom. The molecule has 28 heavy (non-hydrogen) atoms. The predicted octanol–water partition coefficient (Wildman–Crippen LogP) is 2.86. The number of fused-ring (bicyclic) bond motifs is 1. The van der Waals surface area contributed by atoms with Crippen LogP contribution in [0.15, 0.2) is 22.9 Å². The van der Waals surface area contributed by atoms with Crippen LogP contribution in [0.25, 0.3) is 11.0 Å². The molecule has 150 valence electrons. The highest BCUT2D eigenvalue weighted by molar-refractivity contribution is 9.10. The minimum absolute atomic E-state index is 0.434. The molecule has 1 unspecified atom stereocenters. The zero-order valence-electron chi connectivity index (χ0n) is 17.5. The van der Waals surface area contributed by atoms with E-state index in [0.717, 1.165) is 15.5 Å². The van der Waals surface area contributed by atoms with Crippen molar-refractivity contribution in [3.8, 4) is 0 Å². The van der Waals surface area contributed by atoms with Crippen molar-refractivity contribution in [2.24, 2.45) is 0 Å². The lowest BCUT2D eigenvalue weighted by Gasteiger charge is -2.35. The van der Waals surface area contributed by atoms with E-state index >= 15 is 0 Å². The summed E-state index contributed by atoms with van der Waals surface area (Å²) >= 11 is 3.57. The molecule has 2 aliphatic rings. The van der Waals surface area contributed by atoms with Gasteiger partial charge in [0.15, 0.2) is 0 Å². The second kappa shape index (κ2) is 6.28. The summed E-state index contributed by atoms with van der Waals surface area (Å²) < 4.78 is 28.2. The molecule has 4 rings (SSSR count). The Morgan fingerprint density at radius 2 is 1.54 bits per heavy atom. The summed E-state index contributed by atoms with van der Waals surface area (Å²) in [5.74, 6) is 0. The molecule has 4 heterocycles. The van der Waals surface area contributed by atoms with E-state index < -0.39 is 36.4 Å². The number of rotatable bonds is 3. The van der Waals surface area contributed by atoms with Gasteiger partial charge in [-0.2, -0.15) is 0 Å². The van der Waals surface area contributed by atoms with E-state index in [2.05, 4.69) is 37.6 Å². The number of halogens is 1. The van der Waals surface area contributed by atoms with Crippen LogP contribution < -0.4 is 4.57 Å². The number of hydrogen-bond donors (Lipinski definition) is 1. The quantitative estimate of drug-likeness (QED) is 0.575. The molecule has 0 radical (unpaired) electrons. The van der Waals surface area contributed by atoms with Crippen LogP contribution in [0.2, 0.25) is 0 Å². The maximum atomic E-state index is 6.46. The molecule has 7 nitrogen and oxygen atoms in total. The molecule has 10 heteroatoms. The lowest BCUT2D eigenvalue weighted by Crippen LogP contribution is -2.56. The maximum Gasteiger partial charge on any atom is 0.489 e. The first-order valence-corrected chi connectivity index (χ1v) is 10.4. The molecule has 2 aromatic rings. The van der Waals surface area contributed by atoms with Gasteiger partial charge in [-0.25, -0.2) is 4.57 Å². The molecule has 0 saturated carbocycles. The third-order valence-electron chi connectivity index (χ3n) is 6.59. The second-order valence-electron chi connectivity index (χ2n) is 9.39. The normalized spacial score (nSPS) is 28.4. The van der Waals surface area contributed by atoms with Gasteiger partial charge in [-0.15, -0.1) is 5.10 Å². The summed E-state index contributed by atoms with van der Waals surface area (Å²) in [6, 6.07) is 2.01. The van der Waals surface area contributed by atoms with Crippen molar-refractivity contribution in [2.75, 3.05) is 0 Å². The van der Waals surface area contributed by atoms with E-state index in [9.17, 15) is 0 Å². The van der Waals surface area contributed by atoms with Gasteiger partial charge in [-0.05, 0) is 70.5 Å². The van der Waals surface area contributed by atoms with E-state index in [-0.39, 0.29) is 0 Å². The van der Waals surface area contributed by atoms with Crippen LogP contribution in [0, 0.1) is 0 Å². The standard InChI is InChI=1S/C18H26B2BrN3O4/c1-15(2)16(3,4)26-19(25-15)20-27-17(5,6)18(7,28-20)11-24-9-8-13(21)12-10-22-23-14(12)24/h8-10H,11H2,1-7H3/p+1. The number of nitrogens with zero attached hydrogens (tertiary/aromatic N) is 2. The van der Waals surface area contributed by atoms with Crippen molar-refractivity contribution in [1.29, 1.82) is 0 Å². The number of aromatic amines is 1. The first-order valence-electron chi connectivity index (χ1n) is 9.58. The van der Waals surface area contributed by atoms with Gasteiger partial charge in [-0.1, -0.05) is 5.10 Å². The lowest BCUT2D eigenvalue weighted by atomic mass is 9.49. The molecule has 2 saturated heterocycles. The Balaban J connectivity index is 1.61. The highest BCUT2D eigenvalue weighted by Gasteiger charge is 2.65. The third kappa shape index (κ3) is 3.04. The van der Waals surface area contributed by atoms with Crippen molar-refractivity contribution in [3.05, 3.63) is 22.9 Å². The van der Waals surface area contributed by atoms with Gasteiger partial charge >= 0.3 is 19.7 Å². The predicted molar refractivity (Wildman–Crippen MR) is 110 cm³/mol. The number of pyridine rings is 1. The molecule has 2 aliphatic heterocycles. The Labute approximate surface area is 174 Å². The molecule has 1 N–H and O–H groups in total. The van der Waals surface area contributed by atoms with Crippen molar-refractivity contribution in [3.63, 3.8) is 0 Å². The lowest BCUT2D eigenvalue weighted by molar-refractivity contribution is -0.687. The molecule has 2 fully saturated rings. The Hall–Kier alpha value is -0.930. The summed E-state index contributed by atoms with van der Waals surface area (Å²) in [6.45, 7) is 14.8. The van der Waals surface area contributed by atoms with E-state index in [0.29, 0.717) is 6.54 Å². The van der Waals surface area contributed by atoms with E-state index in [4.69, 9.17) is 18.6 Å². The fourth-order valence-corrected chi connectivity index (χ4v) is 4.03. The Morgan fingerprint density at radius 3 is 2.18 bits per heavy atom. The minimum Gasteiger partial charge on any atom is -0.405 e. The van der Waals surface area contributed by atoms with Crippen molar-refractivity contribution >= 4 is 41.0 Å². The molecule has 0 aromatic carbocycles. The number of H-pyrrole nitrogens is 1. The van der Waals surface area contributed by atoms with Gasteiger partial charge < -0.3 is 18.6 Å². The SMILES string of the molecule is CC1(C)OB(B2OC(C)(C)C(C)(C[n+]3ccc(Br)c4cn[nH]c43)O2)OC1(C)C. The topological polar surface area (TPSA) is 69.5 Å². The first kappa shape index (κ1) is 20.3. The van der Waals surface area contributed by atoms with Crippen molar-refractivity contribution in [1.82, 2.24) is 10.2 Å². The molecule has 2 aromatic heterocycles. The van der Waals surface area contributed by atoms with Gasteiger partial charge in [0.25, 0.3) is 0 Å². The molecule has 0 bridgehead atoms. The van der Waals surface area contributed by atoms with Gasteiger partial charge in [0.05, 0.1) is 29.2 Å².